The van der Waals surface area contributed by atoms with Crippen molar-refractivity contribution in [2.45, 2.75) is 19.8 Å². The second-order valence-electron chi connectivity index (χ2n) is 4.90. The van der Waals surface area contributed by atoms with Gasteiger partial charge in [-0.25, -0.2) is 0 Å². The fourth-order valence-corrected chi connectivity index (χ4v) is 1.79. The monoisotopic (exact) mass is 285 g/mol. The summed E-state index contributed by atoms with van der Waals surface area (Å²) in [6.45, 7) is 9.10. The van der Waals surface area contributed by atoms with Crippen molar-refractivity contribution in [3.8, 4) is 5.75 Å². The Balaban J connectivity index is 0.00000324. The van der Waals surface area contributed by atoms with Crippen LogP contribution in [0.2, 0.25) is 0 Å². The summed E-state index contributed by atoms with van der Waals surface area (Å²) in [7, 11) is 4.14. The van der Waals surface area contributed by atoms with Crippen LogP contribution in [0.3, 0.4) is 0 Å². The van der Waals surface area contributed by atoms with Gasteiger partial charge in [-0.1, -0.05) is 24.8 Å². The van der Waals surface area contributed by atoms with Gasteiger partial charge in [-0.05, 0) is 25.1 Å². The molecule has 0 N–H and O–H groups in total. The molecule has 0 saturated heterocycles. The minimum atomic E-state index is -0.732. The first-order valence-corrected chi connectivity index (χ1v) is 6.27. The zero-order valence-corrected chi connectivity index (χ0v) is 13.0. The lowest BCUT2D eigenvalue weighted by Gasteiger charge is -2.43. The molecule has 0 fully saturated rings. The standard InChI is InChI=1S/C15H24NO2.ClH/c1-6-13-16(4,5)15(3,17-7-2)18-14-11-9-8-10-12-14;/h6,8-12H,1,7,13H2,2-5H3;1H/q+1;/p-1. The molecule has 1 unspecified atom stereocenters. The van der Waals surface area contributed by atoms with E-state index in [0.717, 1.165) is 12.3 Å². The summed E-state index contributed by atoms with van der Waals surface area (Å²) in [5, 5.41) is 0. The van der Waals surface area contributed by atoms with Gasteiger partial charge in [-0.15, -0.1) is 0 Å². The molecule has 3 nitrogen and oxygen atoms in total. The van der Waals surface area contributed by atoms with E-state index < -0.39 is 5.91 Å². The van der Waals surface area contributed by atoms with Gasteiger partial charge in [-0.2, -0.15) is 0 Å². The van der Waals surface area contributed by atoms with Crippen molar-refractivity contribution in [1.82, 2.24) is 0 Å². The highest BCUT2D eigenvalue weighted by Gasteiger charge is 2.44. The Hall–Kier alpha value is -1.03. The van der Waals surface area contributed by atoms with Crippen LogP contribution in [0, 0.1) is 0 Å². The molecule has 1 rings (SSSR count). The van der Waals surface area contributed by atoms with Crippen molar-refractivity contribution in [3.63, 3.8) is 0 Å². The molecular weight excluding hydrogens is 262 g/mol. The van der Waals surface area contributed by atoms with Crippen molar-refractivity contribution in [2.24, 2.45) is 0 Å². The summed E-state index contributed by atoms with van der Waals surface area (Å²) in [4.78, 5) is 0. The van der Waals surface area contributed by atoms with Gasteiger partial charge in [0.15, 0.2) is 0 Å². The van der Waals surface area contributed by atoms with E-state index in [1.54, 1.807) is 0 Å². The minimum Gasteiger partial charge on any atom is -1.00 e. The Morgan fingerprint density at radius 1 is 1.26 bits per heavy atom. The Bertz CT molecular complexity index is 381. The van der Waals surface area contributed by atoms with E-state index in [0.29, 0.717) is 11.1 Å². The van der Waals surface area contributed by atoms with Crippen LogP contribution in [0.1, 0.15) is 13.8 Å². The molecule has 0 heterocycles. The number of nitrogens with zero attached hydrogens (tertiary/aromatic N) is 1. The highest BCUT2D eigenvalue weighted by molar-refractivity contribution is 5.21. The van der Waals surface area contributed by atoms with Gasteiger partial charge in [-0.3, -0.25) is 9.22 Å². The van der Waals surface area contributed by atoms with E-state index in [1.165, 1.54) is 0 Å². The third-order valence-electron chi connectivity index (χ3n) is 3.15. The molecule has 0 spiro atoms. The van der Waals surface area contributed by atoms with E-state index in [-0.39, 0.29) is 12.4 Å². The number of benzene rings is 1. The van der Waals surface area contributed by atoms with Gasteiger partial charge in [0.2, 0.25) is 0 Å². The minimum absolute atomic E-state index is 0. The average Bonchev–Trinajstić information content (AvgIpc) is 2.30. The maximum atomic E-state index is 6.06. The quantitative estimate of drug-likeness (QED) is 0.400. The zero-order valence-electron chi connectivity index (χ0n) is 12.2. The van der Waals surface area contributed by atoms with E-state index in [9.17, 15) is 0 Å². The average molecular weight is 286 g/mol. The molecule has 1 atom stereocenters. The Kier molecular flexibility index (Phi) is 7.12. The predicted octanol–water partition coefficient (Wildman–Crippen LogP) is 0.0420. The second-order valence-corrected chi connectivity index (χ2v) is 4.90. The molecular formula is C15H24ClNO2. The van der Waals surface area contributed by atoms with Gasteiger partial charge >= 0.3 is 5.91 Å². The molecule has 0 radical (unpaired) electrons. The summed E-state index contributed by atoms with van der Waals surface area (Å²) < 4.78 is 12.5. The maximum Gasteiger partial charge on any atom is 0.357 e. The topological polar surface area (TPSA) is 18.5 Å². The van der Waals surface area contributed by atoms with Gasteiger partial charge in [0.25, 0.3) is 0 Å². The number of likely N-dealkylation sites (N-methyl/N-ethyl adjacent to an activating group) is 1. The smallest absolute Gasteiger partial charge is 0.357 e. The lowest BCUT2D eigenvalue weighted by molar-refractivity contribution is -0.984. The molecule has 1 aromatic rings. The van der Waals surface area contributed by atoms with Crippen molar-refractivity contribution >= 4 is 0 Å². The molecule has 1 aromatic carbocycles. The largest absolute Gasteiger partial charge is 1.00 e. The highest BCUT2D eigenvalue weighted by Crippen LogP contribution is 2.26. The zero-order chi connectivity index (χ0) is 13.6. The Morgan fingerprint density at radius 2 is 1.84 bits per heavy atom. The van der Waals surface area contributed by atoms with Crippen LogP contribution in [0.25, 0.3) is 0 Å². The van der Waals surface area contributed by atoms with E-state index in [1.807, 2.05) is 50.3 Å². The molecule has 0 aliphatic carbocycles. The Labute approximate surface area is 122 Å². The molecule has 4 heteroatoms. The molecule has 0 aliphatic heterocycles. The third kappa shape index (κ3) is 4.53. The molecule has 0 bridgehead atoms. The number of hydrogen-bond acceptors (Lipinski definition) is 2. The van der Waals surface area contributed by atoms with Gasteiger partial charge < -0.3 is 17.1 Å². The number of ether oxygens (including phenoxy) is 2. The number of hydrogen-bond donors (Lipinski definition) is 0. The van der Waals surface area contributed by atoms with Crippen LogP contribution >= 0.6 is 0 Å². The van der Waals surface area contributed by atoms with E-state index in [2.05, 4.69) is 20.7 Å². The summed E-state index contributed by atoms with van der Waals surface area (Å²) in [6, 6.07) is 9.75. The highest BCUT2D eigenvalue weighted by atomic mass is 35.5. The van der Waals surface area contributed by atoms with E-state index in [4.69, 9.17) is 9.47 Å². The van der Waals surface area contributed by atoms with Crippen LogP contribution in [0.4, 0.5) is 0 Å². The first-order valence-electron chi connectivity index (χ1n) is 6.27. The summed E-state index contributed by atoms with van der Waals surface area (Å²) in [6.07, 6.45) is 1.88. The number of quaternary nitrogens is 1. The fraction of sp³-hybridized carbons (Fsp3) is 0.467. The first kappa shape index (κ1) is 18.0. The SMILES string of the molecule is C=CC[N+](C)(C)C(C)(OCC)Oc1ccccc1.[Cl-]. The number of para-hydroxylation sites is 1. The van der Waals surface area contributed by atoms with Crippen LogP contribution in [-0.2, 0) is 4.74 Å². The number of halogens is 1. The lowest BCUT2D eigenvalue weighted by atomic mass is 10.3. The van der Waals surface area contributed by atoms with Crippen molar-refractivity contribution in [3.05, 3.63) is 43.0 Å². The van der Waals surface area contributed by atoms with Crippen molar-refractivity contribution in [2.75, 3.05) is 27.2 Å². The molecule has 19 heavy (non-hydrogen) atoms. The van der Waals surface area contributed by atoms with Crippen molar-refractivity contribution < 1.29 is 26.4 Å². The van der Waals surface area contributed by atoms with Gasteiger partial charge in [0, 0.05) is 0 Å². The summed E-state index contributed by atoms with van der Waals surface area (Å²) in [5.74, 6) is 0.0771. The lowest BCUT2D eigenvalue weighted by Crippen LogP contribution is -3.00. The normalized spacial score (nSPS) is 14.1. The molecule has 108 valence electrons. The second kappa shape index (κ2) is 7.53. The fourth-order valence-electron chi connectivity index (χ4n) is 1.79. The molecule has 0 aromatic heterocycles. The number of rotatable bonds is 7. The summed E-state index contributed by atoms with van der Waals surface area (Å²) in [5.41, 5.74) is 0. The molecule has 0 aliphatic rings. The van der Waals surface area contributed by atoms with Crippen LogP contribution in [0.5, 0.6) is 5.75 Å². The van der Waals surface area contributed by atoms with Gasteiger partial charge in [0.05, 0.1) is 27.6 Å². The first-order chi connectivity index (χ1) is 8.45. The summed E-state index contributed by atoms with van der Waals surface area (Å²) >= 11 is 0. The predicted molar refractivity (Wildman–Crippen MR) is 74.3 cm³/mol. The van der Waals surface area contributed by atoms with E-state index >= 15 is 0 Å². The molecule has 0 amide bonds. The van der Waals surface area contributed by atoms with Crippen LogP contribution in [-0.4, -0.2) is 37.6 Å². The van der Waals surface area contributed by atoms with Crippen LogP contribution < -0.4 is 17.1 Å². The Morgan fingerprint density at radius 3 is 2.32 bits per heavy atom. The van der Waals surface area contributed by atoms with Gasteiger partial charge in [0.1, 0.15) is 12.3 Å². The third-order valence-corrected chi connectivity index (χ3v) is 3.15. The van der Waals surface area contributed by atoms with Crippen LogP contribution in [0.15, 0.2) is 43.0 Å². The molecule has 0 saturated carbocycles. The maximum absolute atomic E-state index is 6.06. The van der Waals surface area contributed by atoms with Crippen molar-refractivity contribution in [1.29, 1.82) is 0 Å².